The summed E-state index contributed by atoms with van der Waals surface area (Å²) in [5.41, 5.74) is 6.56. The quantitative estimate of drug-likeness (QED) is 0.629. The molecule has 0 amide bonds. The Hall–Kier alpha value is -1.46. The highest BCUT2D eigenvalue weighted by Gasteiger charge is 2.22. The van der Waals surface area contributed by atoms with Crippen LogP contribution in [0.5, 0.6) is 11.5 Å². The van der Waals surface area contributed by atoms with Crippen molar-refractivity contribution in [2.24, 2.45) is 5.73 Å². The highest BCUT2D eigenvalue weighted by molar-refractivity contribution is 6.17. The van der Waals surface area contributed by atoms with Crippen LogP contribution in [0, 0.1) is 0 Å². The summed E-state index contributed by atoms with van der Waals surface area (Å²) in [5, 5.41) is 0. The van der Waals surface area contributed by atoms with Crippen molar-refractivity contribution in [2.75, 3.05) is 26.8 Å². The van der Waals surface area contributed by atoms with Gasteiger partial charge in [-0.05, 0) is 24.6 Å². The molecule has 0 fully saturated rings. The average molecular weight is 274 g/mol. The van der Waals surface area contributed by atoms with Crippen molar-refractivity contribution in [3.8, 4) is 11.5 Å². The van der Waals surface area contributed by atoms with Crippen molar-refractivity contribution in [3.05, 3.63) is 23.3 Å². The fourth-order valence-corrected chi connectivity index (χ4v) is 1.78. The number of hydrogen-bond acceptors (Lipinski definition) is 5. The van der Waals surface area contributed by atoms with E-state index in [1.807, 2.05) is 0 Å². The average Bonchev–Trinajstić information content (AvgIpc) is 2.38. The first-order valence-corrected chi connectivity index (χ1v) is 5.90. The number of ether oxygens (including phenoxy) is 3. The molecule has 0 aliphatic heterocycles. The van der Waals surface area contributed by atoms with E-state index in [1.54, 1.807) is 12.1 Å². The minimum absolute atomic E-state index is 0.221. The maximum atomic E-state index is 11.9. The molecule has 0 aliphatic carbocycles. The molecular weight excluding hydrogens is 258 g/mol. The van der Waals surface area contributed by atoms with E-state index in [2.05, 4.69) is 0 Å². The van der Waals surface area contributed by atoms with E-state index >= 15 is 0 Å². The molecule has 0 unspecified atom stereocenters. The minimum atomic E-state index is -0.552. The molecule has 0 atom stereocenters. The van der Waals surface area contributed by atoms with Gasteiger partial charge in [0.05, 0.1) is 14.2 Å². The van der Waals surface area contributed by atoms with Crippen LogP contribution in [0.2, 0.25) is 0 Å². The molecule has 0 aliphatic rings. The summed E-state index contributed by atoms with van der Waals surface area (Å²) in [5.74, 6) is 0.238. The molecule has 1 aromatic rings. The smallest absolute Gasteiger partial charge is 0.343 e. The lowest BCUT2D eigenvalue weighted by Crippen LogP contribution is -2.13. The van der Waals surface area contributed by atoms with E-state index in [0.29, 0.717) is 30.0 Å². The van der Waals surface area contributed by atoms with Crippen molar-refractivity contribution in [1.82, 2.24) is 0 Å². The van der Waals surface area contributed by atoms with E-state index in [4.69, 9.17) is 31.5 Å². The number of hydrogen-bond donors (Lipinski definition) is 1. The molecule has 0 saturated carbocycles. The van der Waals surface area contributed by atoms with Gasteiger partial charge in [-0.3, -0.25) is 0 Å². The molecule has 0 spiro atoms. The van der Waals surface area contributed by atoms with Gasteiger partial charge in [-0.15, -0.1) is 0 Å². The van der Waals surface area contributed by atoms with Crippen molar-refractivity contribution >= 4 is 17.6 Å². The van der Waals surface area contributed by atoms with Gasteiger partial charge in [0.25, 0.3) is 0 Å². The molecular formula is C12H16ClNO4. The zero-order valence-electron chi connectivity index (χ0n) is 10.4. The van der Waals surface area contributed by atoms with Crippen LogP contribution in [-0.4, -0.2) is 32.8 Å². The van der Waals surface area contributed by atoms with Gasteiger partial charge in [0, 0.05) is 0 Å². The number of rotatable bonds is 6. The zero-order valence-corrected chi connectivity index (χ0v) is 11.1. The first-order valence-electron chi connectivity index (χ1n) is 5.36. The fraction of sp³-hybridized carbons (Fsp3) is 0.417. The standard InChI is InChI=1S/C12H16ClNO4/c1-16-9-4-3-8(5-6-14)10(11(9)17-2)12(15)18-7-13/h3-4H,5-7,14H2,1-2H3. The normalized spacial score (nSPS) is 10.0. The molecule has 5 nitrogen and oxygen atoms in total. The van der Waals surface area contributed by atoms with Crippen LogP contribution in [0.15, 0.2) is 12.1 Å². The number of benzene rings is 1. The summed E-state index contributed by atoms with van der Waals surface area (Å²) in [6.45, 7) is 0.413. The summed E-state index contributed by atoms with van der Waals surface area (Å²) in [6.07, 6.45) is 0.535. The maximum Gasteiger partial charge on any atom is 0.343 e. The monoisotopic (exact) mass is 273 g/mol. The minimum Gasteiger partial charge on any atom is -0.493 e. The second-order valence-electron chi connectivity index (χ2n) is 3.41. The fourth-order valence-electron chi connectivity index (χ4n) is 1.68. The molecule has 0 saturated heterocycles. The lowest BCUT2D eigenvalue weighted by Gasteiger charge is -2.15. The Kier molecular flexibility index (Phi) is 5.74. The van der Waals surface area contributed by atoms with E-state index < -0.39 is 5.97 Å². The summed E-state index contributed by atoms with van der Waals surface area (Å²) >= 11 is 5.41. The Morgan fingerprint density at radius 1 is 1.33 bits per heavy atom. The summed E-state index contributed by atoms with van der Waals surface area (Å²) in [4.78, 5) is 11.9. The van der Waals surface area contributed by atoms with Crippen LogP contribution in [0.1, 0.15) is 15.9 Å². The van der Waals surface area contributed by atoms with Gasteiger partial charge in [-0.2, -0.15) is 0 Å². The zero-order chi connectivity index (χ0) is 13.5. The van der Waals surface area contributed by atoms with Crippen LogP contribution in [0.4, 0.5) is 0 Å². The summed E-state index contributed by atoms with van der Waals surface area (Å²) < 4.78 is 15.2. The van der Waals surface area contributed by atoms with Crippen molar-refractivity contribution in [1.29, 1.82) is 0 Å². The van der Waals surface area contributed by atoms with E-state index in [1.165, 1.54) is 14.2 Å². The molecule has 0 bridgehead atoms. The van der Waals surface area contributed by atoms with Gasteiger partial charge in [-0.1, -0.05) is 17.7 Å². The van der Waals surface area contributed by atoms with Gasteiger partial charge in [-0.25, -0.2) is 4.79 Å². The Morgan fingerprint density at radius 3 is 2.56 bits per heavy atom. The molecule has 2 N–H and O–H groups in total. The molecule has 0 radical (unpaired) electrons. The van der Waals surface area contributed by atoms with Gasteiger partial charge >= 0.3 is 5.97 Å². The van der Waals surface area contributed by atoms with Gasteiger partial charge in [0.15, 0.2) is 17.6 Å². The van der Waals surface area contributed by atoms with Gasteiger partial charge < -0.3 is 19.9 Å². The van der Waals surface area contributed by atoms with Crippen LogP contribution in [0.3, 0.4) is 0 Å². The number of nitrogens with two attached hydrogens (primary N) is 1. The summed E-state index contributed by atoms with van der Waals surface area (Å²) in [6, 6.07) is 3.27. The van der Waals surface area contributed by atoms with E-state index in [0.717, 1.165) is 5.56 Å². The topological polar surface area (TPSA) is 70.8 Å². The van der Waals surface area contributed by atoms with Crippen molar-refractivity contribution in [3.63, 3.8) is 0 Å². The molecule has 18 heavy (non-hydrogen) atoms. The Labute approximate surface area is 111 Å². The van der Waals surface area contributed by atoms with Crippen molar-refractivity contribution in [2.45, 2.75) is 6.42 Å². The van der Waals surface area contributed by atoms with Crippen LogP contribution in [0.25, 0.3) is 0 Å². The number of carbonyl (C=O) groups excluding carboxylic acids is 1. The molecule has 1 rings (SSSR count). The summed E-state index contributed by atoms with van der Waals surface area (Å²) in [7, 11) is 2.96. The molecule has 0 heterocycles. The van der Waals surface area contributed by atoms with Gasteiger partial charge in [0.1, 0.15) is 5.56 Å². The van der Waals surface area contributed by atoms with E-state index in [-0.39, 0.29) is 6.07 Å². The Bertz CT molecular complexity index is 423. The largest absolute Gasteiger partial charge is 0.493 e. The number of methoxy groups -OCH3 is 2. The Balaban J connectivity index is 3.33. The van der Waals surface area contributed by atoms with E-state index in [9.17, 15) is 4.79 Å². The van der Waals surface area contributed by atoms with Gasteiger partial charge in [0.2, 0.25) is 0 Å². The van der Waals surface area contributed by atoms with Crippen LogP contribution in [-0.2, 0) is 11.2 Å². The second kappa shape index (κ2) is 7.08. The first-order chi connectivity index (χ1) is 8.69. The number of alkyl halides is 1. The predicted octanol–water partition coefficient (Wildman–Crippen LogP) is 1.56. The molecule has 6 heteroatoms. The Morgan fingerprint density at radius 2 is 2.06 bits per heavy atom. The third-order valence-corrected chi connectivity index (χ3v) is 2.54. The first kappa shape index (κ1) is 14.6. The molecule has 100 valence electrons. The molecule has 0 aromatic heterocycles. The third kappa shape index (κ3) is 3.05. The van der Waals surface area contributed by atoms with Crippen molar-refractivity contribution < 1.29 is 19.0 Å². The predicted molar refractivity (Wildman–Crippen MR) is 68.4 cm³/mol. The van der Waals surface area contributed by atoms with Crippen LogP contribution < -0.4 is 15.2 Å². The maximum absolute atomic E-state index is 11.9. The molecule has 1 aromatic carbocycles. The second-order valence-corrected chi connectivity index (χ2v) is 3.63. The van der Waals surface area contributed by atoms with Crippen LogP contribution >= 0.6 is 11.6 Å². The number of esters is 1. The lowest BCUT2D eigenvalue weighted by atomic mass is 10.0. The lowest BCUT2D eigenvalue weighted by molar-refractivity contribution is 0.0568. The highest BCUT2D eigenvalue weighted by Crippen LogP contribution is 2.34. The SMILES string of the molecule is COc1ccc(CCN)c(C(=O)OCCl)c1OC. The third-order valence-electron chi connectivity index (χ3n) is 2.44. The highest BCUT2D eigenvalue weighted by atomic mass is 35.5. The number of halogens is 1. The number of carbonyl (C=O) groups is 1.